The second-order valence-corrected chi connectivity index (χ2v) is 8.70. The number of carbonyl (C=O) groups excluding carboxylic acids is 1. The first kappa shape index (κ1) is 19.2. The fourth-order valence-corrected chi connectivity index (χ4v) is 4.46. The Kier molecular flexibility index (Phi) is 6.24. The van der Waals surface area contributed by atoms with Crippen LogP contribution in [-0.2, 0) is 4.79 Å². The first-order chi connectivity index (χ1) is 12.4. The molecular weight excluding hydrogens is 407 g/mol. The molecule has 0 aliphatic carbocycles. The molecule has 3 rings (SSSR count). The lowest BCUT2D eigenvalue weighted by Crippen LogP contribution is -2.14. The van der Waals surface area contributed by atoms with Gasteiger partial charge in [0.05, 0.1) is 16.5 Å². The predicted octanol–water partition coefficient (Wildman–Crippen LogP) is 6.46. The fourth-order valence-electron chi connectivity index (χ4n) is 2.33. The van der Waals surface area contributed by atoms with Crippen LogP contribution in [0.4, 0.5) is 5.69 Å². The van der Waals surface area contributed by atoms with Crippen LogP contribution in [0.1, 0.15) is 11.1 Å². The highest BCUT2D eigenvalue weighted by Gasteiger charge is 2.11. The third-order valence-corrected chi connectivity index (χ3v) is 6.25. The number of hydrogen-bond donors (Lipinski definition) is 1. The molecule has 1 heterocycles. The van der Waals surface area contributed by atoms with Gasteiger partial charge in [0.15, 0.2) is 4.34 Å². The Labute approximate surface area is 170 Å². The molecule has 1 N–H and O–H groups in total. The van der Waals surface area contributed by atoms with Crippen LogP contribution in [-0.4, -0.2) is 16.6 Å². The summed E-state index contributed by atoms with van der Waals surface area (Å²) >= 11 is 15.1. The molecule has 1 aromatic heterocycles. The van der Waals surface area contributed by atoms with Gasteiger partial charge in [-0.1, -0.05) is 47.1 Å². The van der Waals surface area contributed by atoms with E-state index in [-0.39, 0.29) is 5.91 Å². The van der Waals surface area contributed by atoms with E-state index >= 15 is 0 Å². The van der Waals surface area contributed by atoms with E-state index in [9.17, 15) is 4.79 Å². The standard InChI is InChI=1S/C19H16Cl2N2OS2/c1-11-3-4-12(2)16(7-11)22-18(24)10-26-19-23-17(9-25-19)14-6-5-13(20)8-15(14)21/h3-9H,10H2,1-2H3,(H,22,24). The lowest BCUT2D eigenvalue weighted by molar-refractivity contribution is -0.113. The van der Waals surface area contributed by atoms with Crippen LogP contribution in [0.3, 0.4) is 0 Å². The third-order valence-electron chi connectivity index (χ3n) is 3.68. The number of thiazole rings is 1. The lowest BCUT2D eigenvalue weighted by Gasteiger charge is -2.08. The minimum absolute atomic E-state index is 0.0509. The minimum Gasteiger partial charge on any atom is -0.325 e. The summed E-state index contributed by atoms with van der Waals surface area (Å²) in [5, 5.41) is 6.04. The summed E-state index contributed by atoms with van der Waals surface area (Å²) in [5.41, 5.74) is 4.63. The molecule has 134 valence electrons. The number of hydrogen-bond acceptors (Lipinski definition) is 4. The summed E-state index contributed by atoms with van der Waals surface area (Å²) in [4.78, 5) is 16.8. The van der Waals surface area contributed by atoms with Crippen LogP contribution >= 0.6 is 46.3 Å². The first-order valence-corrected chi connectivity index (χ1v) is 10.5. The molecule has 0 unspecified atom stereocenters. The van der Waals surface area contributed by atoms with Crippen LogP contribution < -0.4 is 5.32 Å². The molecule has 3 nitrogen and oxygen atoms in total. The second-order valence-electron chi connectivity index (χ2n) is 5.78. The number of amides is 1. The molecule has 2 aromatic carbocycles. The zero-order chi connectivity index (χ0) is 18.7. The van der Waals surface area contributed by atoms with E-state index < -0.39 is 0 Å². The van der Waals surface area contributed by atoms with E-state index in [0.29, 0.717) is 15.8 Å². The summed E-state index contributed by atoms with van der Waals surface area (Å²) in [6.45, 7) is 3.98. The number of aryl methyl sites for hydroxylation is 2. The Bertz CT molecular complexity index is 956. The topological polar surface area (TPSA) is 42.0 Å². The van der Waals surface area contributed by atoms with Crippen LogP contribution in [0.25, 0.3) is 11.3 Å². The van der Waals surface area contributed by atoms with Crippen molar-refractivity contribution in [1.29, 1.82) is 0 Å². The molecule has 0 aliphatic rings. The number of rotatable bonds is 5. The van der Waals surface area contributed by atoms with Gasteiger partial charge in [0.25, 0.3) is 0 Å². The fraction of sp³-hybridized carbons (Fsp3) is 0.158. The zero-order valence-electron chi connectivity index (χ0n) is 14.2. The normalized spacial score (nSPS) is 10.8. The van der Waals surface area contributed by atoms with Gasteiger partial charge in [0, 0.05) is 21.7 Å². The van der Waals surface area contributed by atoms with Gasteiger partial charge in [-0.15, -0.1) is 11.3 Å². The average molecular weight is 423 g/mol. The molecule has 0 saturated carbocycles. The number of anilines is 1. The van der Waals surface area contributed by atoms with Gasteiger partial charge in [0.1, 0.15) is 0 Å². The zero-order valence-corrected chi connectivity index (χ0v) is 17.3. The maximum atomic E-state index is 12.2. The van der Waals surface area contributed by atoms with Crippen molar-refractivity contribution in [3.8, 4) is 11.3 Å². The quantitative estimate of drug-likeness (QED) is 0.479. The van der Waals surface area contributed by atoms with E-state index in [1.54, 1.807) is 12.1 Å². The molecule has 0 spiro atoms. The van der Waals surface area contributed by atoms with Gasteiger partial charge in [-0.05, 0) is 49.2 Å². The van der Waals surface area contributed by atoms with Crippen LogP contribution in [0.5, 0.6) is 0 Å². The van der Waals surface area contributed by atoms with Crippen molar-refractivity contribution in [2.75, 3.05) is 11.1 Å². The molecule has 0 saturated heterocycles. The summed E-state index contributed by atoms with van der Waals surface area (Å²) in [5.74, 6) is 0.249. The van der Waals surface area contributed by atoms with Gasteiger partial charge in [0.2, 0.25) is 5.91 Å². The van der Waals surface area contributed by atoms with Crippen molar-refractivity contribution < 1.29 is 4.79 Å². The summed E-state index contributed by atoms with van der Waals surface area (Å²) in [6, 6.07) is 11.3. The van der Waals surface area contributed by atoms with Crippen molar-refractivity contribution in [2.45, 2.75) is 18.2 Å². The highest BCUT2D eigenvalue weighted by Crippen LogP contribution is 2.33. The van der Waals surface area contributed by atoms with Crippen molar-refractivity contribution in [3.63, 3.8) is 0 Å². The molecule has 26 heavy (non-hydrogen) atoms. The van der Waals surface area contributed by atoms with Crippen LogP contribution in [0.15, 0.2) is 46.1 Å². The molecule has 7 heteroatoms. The number of nitrogens with one attached hydrogen (secondary N) is 1. The van der Waals surface area contributed by atoms with Crippen molar-refractivity contribution in [2.24, 2.45) is 0 Å². The molecule has 1 amide bonds. The van der Waals surface area contributed by atoms with Gasteiger partial charge in [-0.2, -0.15) is 0 Å². The highest BCUT2D eigenvalue weighted by molar-refractivity contribution is 8.01. The second kappa shape index (κ2) is 8.44. The Balaban J connectivity index is 1.62. The molecule has 0 bridgehead atoms. The smallest absolute Gasteiger partial charge is 0.234 e. The van der Waals surface area contributed by atoms with Crippen molar-refractivity contribution in [3.05, 3.63) is 63.0 Å². The summed E-state index contributed by atoms with van der Waals surface area (Å²) in [7, 11) is 0. The van der Waals surface area contributed by atoms with Crippen LogP contribution in [0.2, 0.25) is 10.0 Å². The van der Waals surface area contributed by atoms with E-state index in [0.717, 1.165) is 32.4 Å². The molecule has 0 fully saturated rings. The maximum Gasteiger partial charge on any atom is 0.234 e. The van der Waals surface area contributed by atoms with Crippen LogP contribution in [0, 0.1) is 13.8 Å². The Hall–Kier alpha value is -1.53. The third kappa shape index (κ3) is 4.80. The molecule has 0 atom stereocenters. The van der Waals surface area contributed by atoms with E-state index in [1.807, 2.05) is 43.5 Å². The summed E-state index contributed by atoms with van der Waals surface area (Å²) < 4.78 is 0.821. The lowest BCUT2D eigenvalue weighted by atomic mass is 10.1. The van der Waals surface area contributed by atoms with Gasteiger partial charge < -0.3 is 5.32 Å². The largest absolute Gasteiger partial charge is 0.325 e. The Morgan fingerprint density at radius 3 is 2.77 bits per heavy atom. The monoisotopic (exact) mass is 422 g/mol. The number of benzene rings is 2. The molecule has 3 aromatic rings. The molecule has 0 aliphatic heterocycles. The number of halogens is 2. The Morgan fingerprint density at radius 2 is 2.00 bits per heavy atom. The van der Waals surface area contributed by atoms with Crippen molar-refractivity contribution in [1.82, 2.24) is 4.98 Å². The number of carbonyl (C=O) groups is 1. The van der Waals surface area contributed by atoms with E-state index in [2.05, 4.69) is 10.3 Å². The Morgan fingerprint density at radius 1 is 1.19 bits per heavy atom. The first-order valence-electron chi connectivity index (χ1n) is 7.83. The predicted molar refractivity (Wildman–Crippen MR) is 113 cm³/mol. The summed E-state index contributed by atoms with van der Waals surface area (Å²) in [6.07, 6.45) is 0. The maximum absolute atomic E-state index is 12.2. The SMILES string of the molecule is Cc1ccc(C)c(NC(=O)CSc2nc(-c3ccc(Cl)cc3Cl)cs2)c1. The van der Waals surface area contributed by atoms with Gasteiger partial charge in [-0.3, -0.25) is 4.79 Å². The van der Waals surface area contributed by atoms with Crippen molar-refractivity contribution >= 4 is 57.9 Å². The number of aromatic nitrogens is 1. The van der Waals surface area contributed by atoms with Gasteiger partial charge in [-0.25, -0.2) is 4.98 Å². The number of thioether (sulfide) groups is 1. The van der Waals surface area contributed by atoms with E-state index in [1.165, 1.54) is 23.1 Å². The highest BCUT2D eigenvalue weighted by atomic mass is 35.5. The molecular formula is C19H16Cl2N2OS2. The van der Waals surface area contributed by atoms with E-state index in [4.69, 9.17) is 23.2 Å². The van der Waals surface area contributed by atoms with Gasteiger partial charge >= 0.3 is 0 Å². The average Bonchev–Trinajstić information content (AvgIpc) is 3.05. The minimum atomic E-state index is -0.0509. The molecule has 0 radical (unpaired) electrons. The number of nitrogens with zero attached hydrogens (tertiary/aromatic N) is 1.